The first-order chi connectivity index (χ1) is 16.4. The number of carbonyl (C=O) groups excluding carboxylic acids is 1. The van der Waals surface area contributed by atoms with E-state index in [0.29, 0.717) is 39.3 Å². The minimum atomic E-state index is -4.31. The Kier molecular flexibility index (Phi) is 10.6. The molecule has 3 rings (SSSR count). The minimum absolute atomic E-state index is 0.0877. The lowest BCUT2D eigenvalue weighted by atomic mass is 10.1. The van der Waals surface area contributed by atoms with Gasteiger partial charge in [-0.25, -0.2) is 4.79 Å². The third-order valence-corrected chi connectivity index (χ3v) is 5.50. The molecule has 0 aliphatic rings. The van der Waals surface area contributed by atoms with E-state index in [1.54, 1.807) is 30.3 Å². The fourth-order valence-electron chi connectivity index (χ4n) is 2.78. The normalized spacial score (nSPS) is 10.9. The third-order valence-electron chi connectivity index (χ3n) is 4.47. The summed E-state index contributed by atoms with van der Waals surface area (Å²) in [5.74, 6) is -0.485. The first kappa shape index (κ1) is 28.6. The number of aromatic nitrogens is 1. The maximum absolute atomic E-state index is 12.2. The Balaban J connectivity index is 0.000000303. The van der Waals surface area contributed by atoms with Crippen LogP contribution in [0.5, 0.6) is 0 Å². The SMILES string of the molecule is CCOCOC(=O)c1ccccc1Nc1c(Cl)ccc(C)c1Cl.Cc1cc(C(F)(F)F)cc(=S)[nH]1. The van der Waals surface area contributed by atoms with Gasteiger partial charge < -0.3 is 19.8 Å². The summed E-state index contributed by atoms with van der Waals surface area (Å²) in [6, 6.07) is 12.5. The minimum Gasteiger partial charge on any atom is -0.435 e. The van der Waals surface area contributed by atoms with Crippen molar-refractivity contribution in [2.45, 2.75) is 26.9 Å². The summed E-state index contributed by atoms with van der Waals surface area (Å²) in [6.07, 6.45) is -4.31. The van der Waals surface area contributed by atoms with Crippen LogP contribution in [0.25, 0.3) is 0 Å². The number of esters is 1. The van der Waals surface area contributed by atoms with Gasteiger partial charge in [-0.05, 0) is 56.7 Å². The molecule has 0 amide bonds. The number of aromatic amines is 1. The molecule has 11 heteroatoms. The second-order valence-electron chi connectivity index (χ2n) is 7.18. The van der Waals surface area contributed by atoms with Crippen LogP contribution < -0.4 is 5.32 Å². The van der Waals surface area contributed by atoms with Gasteiger partial charge in [-0.15, -0.1) is 0 Å². The number of ether oxygens (including phenoxy) is 2. The van der Waals surface area contributed by atoms with Gasteiger partial charge in [-0.2, -0.15) is 13.2 Å². The predicted molar refractivity (Wildman–Crippen MR) is 134 cm³/mol. The summed E-state index contributed by atoms with van der Waals surface area (Å²) >= 11 is 17.1. The Labute approximate surface area is 216 Å². The Morgan fingerprint density at radius 1 is 1.11 bits per heavy atom. The van der Waals surface area contributed by atoms with E-state index in [4.69, 9.17) is 32.7 Å². The molecule has 0 radical (unpaired) electrons. The number of anilines is 2. The van der Waals surface area contributed by atoms with Gasteiger partial charge in [0.05, 0.1) is 32.5 Å². The average Bonchev–Trinajstić information content (AvgIpc) is 2.79. The highest BCUT2D eigenvalue weighted by molar-refractivity contribution is 7.71. The number of pyridine rings is 1. The van der Waals surface area contributed by atoms with Gasteiger partial charge in [0.25, 0.3) is 0 Å². The maximum atomic E-state index is 12.2. The highest BCUT2D eigenvalue weighted by Crippen LogP contribution is 2.36. The van der Waals surface area contributed by atoms with Crippen molar-refractivity contribution in [2.24, 2.45) is 0 Å². The molecule has 1 heterocycles. The van der Waals surface area contributed by atoms with Crippen LogP contribution in [0.2, 0.25) is 10.0 Å². The maximum Gasteiger partial charge on any atom is 0.416 e. The van der Waals surface area contributed by atoms with Gasteiger partial charge >= 0.3 is 12.1 Å². The van der Waals surface area contributed by atoms with Gasteiger partial charge in [0.15, 0.2) is 6.79 Å². The summed E-state index contributed by atoms with van der Waals surface area (Å²) in [5, 5.41) is 4.10. The number of alkyl halides is 3. The molecular formula is C24H23Cl2F3N2O3S. The van der Waals surface area contributed by atoms with Crippen LogP contribution in [0, 0.1) is 18.5 Å². The van der Waals surface area contributed by atoms with Crippen molar-refractivity contribution in [3.05, 3.63) is 85.6 Å². The molecule has 1 aromatic heterocycles. The molecule has 2 N–H and O–H groups in total. The third kappa shape index (κ3) is 8.54. The Hall–Kier alpha value is -2.59. The van der Waals surface area contributed by atoms with E-state index < -0.39 is 17.7 Å². The molecule has 0 bridgehead atoms. The van der Waals surface area contributed by atoms with Crippen LogP contribution in [-0.4, -0.2) is 24.4 Å². The largest absolute Gasteiger partial charge is 0.435 e. The van der Waals surface area contributed by atoms with E-state index >= 15 is 0 Å². The molecule has 2 aromatic carbocycles. The molecule has 0 fully saturated rings. The molecule has 5 nitrogen and oxygen atoms in total. The van der Waals surface area contributed by atoms with E-state index in [2.05, 4.69) is 22.5 Å². The fourth-order valence-corrected chi connectivity index (χ4v) is 3.53. The molecule has 0 spiro atoms. The number of rotatable bonds is 6. The van der Waals surface area contributed by atoms with Crippen LogP contribution in [0.1, 0.15) is 34.1 Å². The number of halogens is 5. The number of H-pyrrole nitrogens is 1. The highest BCUT2D eigenvalue weighted by Gasteiger charge is 2.30. The van der Waals surface area contributed by atoms with Crippen molar-refractivity contribution < 1.29 is 27.4 Å². The number of para-hydroxylation sites is 1. The van der Waals surface area contributed by atoms with E-state index in [1.807, 2.05) is 19.9 Å². The second-order valence-corrected chi connectivity index (χ2v) is 8.41. The van der Waals surface area contributed by atoms with Crippen LogP contribution in [-0.2, 0) is 15.7 Å². The van der Waals surface area contributed by atoms with Crippen LogP contribution >= 0.6 is 35.4 Å². The molecule has 0 atom stereocenters. The van der Waals surface area contributed by atoms with Gasteiger partial charge in [-0.3, -0.25) is 0 Å². The number of carbonyl (C=O) groups is 1. The number of nitrogens with one attached hydrogen (secondary N) is 2. The number of hydrogen-bond donors (Lipinski definition) is 2. The highest BCUT2D eigenvalue weighted by atomic mass is 35.5. The molecule has 3 aromatic rings. The predicted octanol–water partition coefficient (Wildman–Crippen LogP) is 8.27. The Morgan fingerprint density at radius 2 is 1.80 bits per heavy atom. The van der Waals surface area contributed by atoms with Crippen molar-refractivity contribution in [3.63, 3.8) is 0 Å². The molecular weight excluding hydrogens is 524 g/mol. The first-order valence-corrected chi connectivity index (χ1v) is 11.4. The quantitative estimate of drug-likeness (QED) is 0.141. The molecule has 188 valence electrons. The zero-order valence-electron chi connectivity index (χ0n) is 19.1. The number of benzene rings is 2. The van der Waals surface area contributed by atoms with Gasteiger partial charge in [-0.1, -0.05) is 53.6 Å². The first-order valence-electron chi connectivity index (χ1n) is 10.3. The van der Waals surface area contributed by atoms with Crippen molar-refractivity contribution in [1.29, 1.82) is 0 Å². The monoisotopic (exact) mass is 546 g/mol. The lowest BCUT2D eigenvalue weighted by Crippen LogP contribution is -2.11. The van der Waals surface area contributed by atoms with Crippen molar-refractivity contribution in [1.82, 2.24) is 4.98 Å². The molecule has 0 saturated carbocycles. The van der Waals surface area contributed by atoms with Crippen molar-refractivity contribution in [3.8, 4) is 0 Å². The second kappa shape index (κ2) is 12.9. The topological polar surface area (TPSA) is 63.4 Å². The molecule has 0 aliphatic carbocycles. The van der Waals surface area contributed by atoms with Gasteiger partial charge in [0, 0.05) is 12.3 Å². The molecule has 35 heavy (non-hydrogen) atoms. The Morgan fingerprint density at radius 3 is 2.43 bits per heavy atom. The van der Waals surface area contributed by atoms with E-state index in [0.717, 1.165) is 17.7 Å². The van der Waals surface area contributed by atoms with Crippen LogP contribution in [0.3, 0.4) is 0 Å². The summed E-state index contributed by atoms with van der Waals surface area (Å²) < 4.78 is 46.5. The van der Waals surface area contributed by atoms with E-state index in [1.165, 1.54) is 6.92 Å². The molecule has 0 aliphatic heterocycles. The number of hydrogen-bond acceptors (Lipinski definition) is 5. The van der Waals surface area contributed by atoms with Crippen LogP contribution in [0.15, 0.2) is 48.5 Å². The zero-order valence-corrected chi connectivity index (χ0v) is 21.4. The van der Waals surface area contributed by atoms with Gasteiger partial charge in [0.2, 0.25) is 0 Å². The molecule has 0 unspecified atom stereocenters. The summed E-state index contributed by atoms with van der Waals surface area (Å²) in [4.78, 5) is 14.8. The number of aryl methyl sites for hydroxylation is 2. The lowest BCUT2D eigenvalue weighted by molar-refractivity contribution is -0.137. The standard InChI is InChI=1S/C17H17Cl2NO3.C7H6F3NS/c1-3-22-10-23-17(21)12-6-4-5-7-14(12)20-16-13(18)9-8-11(2)15(16)19;1-4-2-5(7(8,9)10)3-6(12)11-4/h4-9,20H,3,10H2,1-2H3;2-3H,1H3,(H,11,12). The summed E-state index contributed by atoms with van der Waals surface area (Å²) in [6.45, 7) is 5.62. The van der Waals surface area contributed by atoms with Crippen LogP contribution in [0.4, 0.5) is 24.5 Å². The lowest BCUT2D eigenvalue weighted by Gasteiger charge is -2.15. The smallest absolute Gasteiger partial charge is 0.416 e. The van der Waals surface area contributed by atoms with Crippen molar-refractivity contribution in [2.75, 3.05) is 18.7 Å². The molecule has 0 saturated heterocycles. The fraction of sp³-hybridized carbons (Fsp3) is 0.250. The van der Waals surface area contributed by atoms with Gasteiger partial charge in [0.1, 0.15) is 4.64 Å². The Bertz CT molecular complexity index is 1230. The zero-order chi connectivity index (χ0) is 26.2. The summed E-state index contributed by atoms with van der Waals surface area (Å²) in [5.41, 5.74) is 2.08. The average molecular weight is 547 g/mol. The van der Waals surface area contributed by atoms with E-state index in [-0.39, 0.29) is 11.4 Å². The van der Waals surface area contributed by atoms with Crippen molar-refractivity contribution >= 4 is 52.8 Å². The summed E-state index contributed by atoms with van der Waals surface area (Å²) in [7, 11) is 0. The van der Waals surface area contributed by atoms with E-state index in [9.17, 15) is 18.0 Å².